The number of likely N-dealkylation sites (tertiary alicyclic amines) is 1. The molecule has 1 aliphatic rings. The van der Waals surface area contributed by atoms with E-state index in [-0.39, 0.29) is 12.1 Å². The minimum Gasteiger partial charge on any atom is -0.457 e. The molecule has 1 aliphatic heterocycles. The normalized spacial score (nSPS) is 14.7. The van der Waals surface area contributed by atoms with Crippen molar-refractivity contribution in [2.45, 2.75) is 25.5 Å². The van der Waals surface area contributed by atoms with Crippen LogP contribution < -0.4 is 15.4 Å². The first-order valence-electron chi connectivity index (χ1n) is 11.9. The average Bonchev–Trinajstić information content (AvgIpc) is 3.16. The zero-order valence-corrected chi connectivity index (χ0v) is 19.8. The number of carbonyl (C=O) groups excluding carboxylic acids is 1. The SMILES string of the molecule is Cn1c(CN2CCC(O)CC2)cc2cc(NC(=O)Nc3ccc(Oc4ccccc4)cc3)ccc21. The fourth-order valence-corrected chi connectivity index (χ4v) is 4.47. The molecule has 4 aromatic rings. The summed E-state index contributed by atoms with van der Waals surface area (Å²) in [6.45, 7) is 2.68. The molecule has 0 saturated carbocycles. The molecule has 0 bridgehead atoms. The Morgan fingerprint density at radius 3 is 2.31 bits per heavy atom. The van der Waals surface area contributed by atoms with E-state index in [0.29, 0.717) is 11.4 Å². The highest BCUT2D eigenvalue weighted by Gasteiger charge is 2.18. The van der Waals surface area contributed by atoms with Gasteiger partial charge in [0.1, 0.15) is 11.5 Å². The molecule has 0 radical (unpaired) electrons. The van der Waals surface area contributed by atoms with Gasteiger partial charge in [0.25, 0.3) is 0 Å². The van der Waals surface area contributed by atoms with Gasteiger partial charge in [-0.05, 0) is 73.5 Å². The van der Waals surface area contributed by atoms with E-state index < -0.39 is 0 Å². The standard InChI is InChI=1S/C28H30N4O3/c1-31-23(19-32-15-13-24(33)14-16-32)18-20-17-22(9-12-27(20)31)30-28(34)29-21-7-10-26(11-8-21)35-25-5-3-2-4-6-25/h2-12,17-18,24,33H,13-16,19H2,1H3,(H2,29,30,34). The predicted octanol–water partition coefficient (Wildman–Crippen LogP) is 5.57. The number of aryl methyl sites for hydroxylation is 1. The van der Waals surface area contributed by atoms with Gasteiger partial charge in [-0.1, -0.05) is 18.2 Å². The maximum Gasteiger partial charge on any atom is 0.323 e. The van der Waals surface area contributed by atoms with Gasteiger partial charge in [-0.25, -0.2) is 4.79 Å². The summed E-state index contributed by atoms with van der Waals surface area (Å²) >= 11 is 0. The fourth-order valence-electron chi connectivity index (χ4n) is 4.47. The van der Waals surface area contributed by atoms with Gasteiger partial charge in [0.2, 0.25) is 0 Å². The molecule has 3 aromatic carbocycles. The number of aliphatic hydroxyl groups is 1. The molecule has 0 atom stereocenters. The number of carbonyl (C=O) groups is 1. The lowest BCUT2D eigenvalue weighted by Gasteiger charge is -2.29. The van der Waals surface area contributed by atoms with E-state index in [0.717, 1.165) is 54.8 Å². The summed E-state index contributed by atoms with van der Waals surface area (Å²) in [7, 11) is 2.07. The van der Waals surface area contributed by atoms with E-state index in [1.807, 2.05) is 72.8 Å². The number of nitrogens with one attached hydrogen (secondary N) is 2. The van der Waals surface area contributed by atoms with Crippen LogP contribution in [-0.2, 0) is 13.6 Å². The van der Waals surface area contributed by atoms with E-state index in [9.17, 15) is 9.90 Å². The van der Waals surface area contributed by atoms with Crippen LogP contribution in [0, 0.1) is 0 Å². The predicted molar refractivity (Wildman–Crippen MR) is 139 cm³/mol. The molecular weight excluding hydrogens is 440 g/mol. The fraction of sp³-hybridized carbons (Fsp3) is 0.250. The third kappa shape index (κ3) is 5.65. The number of anilines is 2. The van der Waals surface area contributed by atoms with Crippen molar-refractivity contribution < 1.29 is 14.6 Å². The Hall–Kier alpha value is -3.81. The van der Waals surface area contributed by atoms with Gasteiger partial charge in [-0.2, -0.15) is 0 Å². The van der Waals surface area contributed by atoms with E-state index in [4.69, 9.17) is 4.74 Å². The molecule has 0 aliphatic carbocycles. The monoisotopic (exact) mass is 470 g/mol. The first-order chi connectivity index (χ1) is 17.0. The highest BCUT2D eigenvalue weighted by molar-refractivity contribution is 6.01. The maximum atomic E-state index is 12.6. The number of piperidine rings is 1. The Bertz CT molecular complexity index is 1290. The molecule has 3 N–H and O–H groups in total. The highest BCUT2D eigenvalue weighted by atomic mass is 16.5. The topological polar surface area (TPSA) is 78.8 Å². The number of amides is 2. The molecular formula is C28H30N4O3. The van der Waals surface area contributed by atoms with Crippen molar-refractivity contribution in [3.8, 4) is 11.5 Å². The number of rotatable bonds is 6. The van der Waals surface area contributed by atoms with Crippen molar-refractivity contribution in [1.82, 2.24) is 9.47 Å². The second-order valence-electron chi connectivity index (χ2n) is 8.99. The first kappa shape index (κ1) is 23.0. The summed E-state index contributed by atoms with van der Waals surface area (Å²) in [6.07, 6.45) is 1.49. The lowest BCUT2D eigenvalue weighted by Crippen LogP contribution is -2.35. The van der Waals surface area contributed by atoms with Gasteiger partial charge >= 0.3 is 6.03 Å². The number of hydrogen-bond donors (Lipinski definition) is 3. The number of nitrogens with zero attached hydrogens (tertiary/aromatic N) is 2. The van der Waals surface area contributed by atoms with Crippen LogP contribution in [0.1, 0.15) is 18.5 Å². The van der Waals surface area contributed by atoms with Gasteiger partial charge in [0.05, 0.1) is 6.10 Å². The molecule has 1 fully saturated rings. The molecule has 2 amide bonds. The lowest BCUT2D eigenvalue weighted by molar-refractivity contribution is 0.0783. The van der Waals surface area contributed by atoms with Crippen LogP contribution >= 0.6 is 0 Å². The molecule has 7 nitrogen and oxygen atoms in total. The molecule has 2 heterocycles. The summed E-state index contributed by atoms with van der Waals surface area (Å²) in [5.74, 6) is 1.47. The number of aliphatic hydroxyl groups excluding tert-OH is 1. The smallest absolute Gasteiger partial charge is 0.323 e. The lowest BCUT2D eigenvalue weighted by atomic mass is 10.1. The number of para-hydroxylation sites is 1. The number of urea groups is 1. The zero-order valence-electron chi connectivity index (χ0n) is 19.8. The van der Waals surface area contributed by atoms with Crippen molar-refractivity contribution in [2.75, 3.05) is 23.7 Å². The summed E-state index contributed by atoms with van der Waals surface area (Å²) in [5.41, 5.74) is 3.75. The van der Waals surface area contributed by atoms with Crippen molar-refractivity contribution in [1.29, 1.82) is 0 Å². The Kier molecular flexibility index (Phi) is 6.70. The summed E-state index contributed by atoms with van der Waals surface area (Å²) in [6, 6.07) is 24.7. The Balaban J connectivity index is 1.20. The van der Waals surface area contributed by atoms with Gasteiger partial charge in [0, 0.05) is 54.7 Å². The van der Waals surface area contributed by atoms with Crippen LogP contribution in [-0.4, -0.2) is 39.8 Å². The van der Waals surface area contributed by atoms with Crippen LogP contribution in [0.5, 0.6) is 11.5 Å². The third-order valence-electron chi connectivity index (χ3n) is 6.43. The average molecular weight is 471 g/mol. The van der Waals surface area contributed by atoms with Crippen LogP contribution in [0.2, 0.25) is 0 Å². The van der Waals surface area contributed by atoms with Crippen molar-refractivity contribution >= 4 is 28.3 Å². The molecule has 0 unspecified atom stereocenters. The van der Waals surface area contributed by atoms with E-state index in [1.165, 1.54) is 5.69 Å². The molecule has 0 spiro atoms. The van der Waals surface area contributed by atoms with Gasteiger partial charge in [-0.3, -0.25) is 4.90 Å². The molecule has 5 rings (SSSR count). The van der Waals surface area contributed by atoms with E-state index in [1.54, 1.807) is 0 Å². The minimum atomic E-state index is -0.302. The molecule has 1 saturated heterocycles. The number of hydrogen-bond acceptors (Lipinski definition) is 4. The molecule has 180 valence electrons. The number of ether oxygens (including phenoxy) is 1. The number of aromatic nitrogens is 1. The molecule has 7 heteroatoms. The summed E-state index contributed by atoms with van der Waals surface area (Å²) < 4.78 is 7.99. The van der Waals surface area contributed by atoms with Crippen molar-refractivity contribution in [3.05, 3.63) is 84.6 Å². The third-order valence-corrected chi connectivity index (χ3v) is 6.43. The Morgan fingerprint density at radius 2 is 1.57 bits per heavy atom. The minimum absolute atomic E-state index is 0.168. The number of fused-ring (bicyclic) bond motifs is 1. The van der Waals surface area contributed by atoms with Crippen LogP contribution in [0.15, 0.2) is 78.9 Å². The quantitative estimate of drug-likeness (QED) is 0.344. The van der Waals surface area contributed by atoms with Crippen molar-refractivity contribution in [3.63, 3.8) is 0 Å². The Morgan fingerprint density at radius 1 is 0.914 bits per heavy atom. The zero-order chi connectivity index (χ0) is 24.2. The van der Waals surface area contributed by atoms with Crippen LogP contribution in [0.25, 0.3) is 10.9 Å². The van der Waals surface area contributed by atoms with Gasteiger partial charge in [0.15, 0.2) is 0 Å². The molecule has 35 heavy (non-hydrogen) atoms. The van der Waals surface area contributed by atoms with Crippen LogP contribution in [0.4, 0.5) is 16.2 Å². The van der Waals surface area contributed by atoms with E-state index in [2.05, 4.69) is 33.2 Å². The van der Waals surface area contributed by atoms with Gasteiger partial charge in [-0.15, -0.1) is 0 Å². The van der Waals surface area contributed by atoms with E-state index >= 15 is 0 Å². The molecule has 1 aromatic heterocycles. The summed E-state index contributed by atoms with van der Waals surface area (Å²) in [4.78, 5) is 14.9. The van der Waals surface area contributed by atoms with Crippen molar-refractivity contribution in [2.24, 2.45) is 7.05 Å². The first-order valence-corrected chi connectivity index (χ1v) is 11.9. The van der Waals surface area contributed by atoms with Crippen LogP contribution in [0.3, 0.4) is 0 Å². The summed E-state index contributed by atoms with van der Waals surface area (Å²) in [5, 5.41) is 16.6. The number of benzene rings is 3. The second kappa shape index (κ2) is 10.2. The second-order valence-corrected chi connectivity index (χ2v) is 8.99. The largest absolute Gasteiger partial charge is 0.457 e. The maximum absolute atomic E-state index is 12.6. The highest BCUT2D eigenvalue weighted by Crippen LogP contribution is 2.25. The van der Waals surface area contributed by atoms with Gasteiger partial charge < -0.3 is 25.0 Å². The Labute approximate surface area is 204 Å².